The Kier molecular flexibility index (Phi) is 1.58. The van der Waals surface area contributed by atoms with Crippen LogP contribution >= 0.6 is 0 Å². The molecule has 0 aliphatic carbocycles. The van der Waals surface area contributed by atoms with Gasteiger partial charge >= 0.3 is 0 Å². The largest absolute Gasteiger partial charge is 0.722 e. The molecule has 2 nitrogen and oxygen atoms in total. The van der Waals surface area contributed by atoms with E-state index < -0.39 is 0 Å². The van der Waals surface area contributed by atoms with Gasteiger partial charge in [0.15, 0.2) is 0 Å². The van der Waals surface area contributed by atoms with Crippen LogP contribution in [-0.2, 0) is 0 Å². The second-order valence-corrected chi connectivity index (χ2v) is 1.67. The molecular weight excluding hydrogens is 116 g/mol. The van der Waals surface area contributed by atoms with E-state index in [2.05, 4.69) is 11.8 Å². The van der Waals surface area contributed by atoms with Crippen molar-refractivity contribution in [3.63, 3.8) is 0 Å². The lowest BCUT2D eigenvalue weighted by molar-refractivity contribution is 0.185. The van der Waals surface area contributed by atoms with E-state index in [1.54, 1.807) is 24.3 Å². The van der Waals surface area contributed by atoms with Gasteiger partial charge in [-0.05, 0) is 19.2 Å². The summed E-state index contributed by atoms with van der Waals surface area (Å²) >= 11 is 0. The highest BCUT2D eigenvalue weighted by atomic mass is 16.5. The van der Waals surface area contributed by atoms with E-state index in [1.165, 1.54) is 0 Å². The van der Waals surface area contributed by atoms with Crippen molar-refractivity contribution in [3.8, 4) is 11.5 Å². The van der Waals surface area contributed by atoms with E-state index >= 15 is 0 Å². The van der Waals surface area contributed by atoms with Gasteiger partial charge in [0.2, 0.25) is 5.75 Å². The van der Waals surface area contributed by atoms with Gasteiger partial charge < -0.3 is 9.84 Å². The number of ether oxygens (including phenoxy) is 1. The first-order valence-corrected chi connectivity index (χ1v) is 2.58. The minimum absolute atomic E-state index is 0.252. The van der Waals surface area contributed by atoms with Crippen LogP contribution in [0, 0.1) is 7.11 Å². The lowest BCUT2D eigenvalue weighted by Crippen LogP contribution is -1.71. The summed E-state index contributed by atoms with van der Waals surface area (Å²) < 4.78 is 3.65. The third-order valence-electron chi connectivity index (χ3n) is 1.03. The second kappa shape index (κ2) is 2.40. The number of hydrogen-bond donors (Lipinski definition) is 1. The quantitative estimate of drug-likeness (QED) is 0.343. The Morgan fingerprint density at radius 3 is 2.22 bits per heavy atom. The molecule has 1 aromatic rings. The van der Waals surface area contributed by atoms with Crippen LogP contribution in [0.1, 0.15) is 0 Å². The number of phenols is 1. The molecule has 2 heteroatoms. The van der Waals surface area contributed by atoms with E-state index in [4.69, 9.17) is 5.11 Å². The molecule has 0 bridgehead atoms. The van der Waals surface area contributed by atoms with Gasteiger partial charge in [0.25, 0.3) is 0 Å². The number of aliphatic hydroxyl groups is 1. The molecule has 0 aliphatic heterocycles. The molecule has 9 heavy (non-hydrogen) atoms. The van der Waals surface area contributed by atoms with Crippen LogP contribution in [0.15, 0.2) is 24.3 Å². The Hall–Kier alpha value is -1.18. The Labute approximate surface area is 53.7 Å². The highest BCUT2D eigenvalue weighted by Crippen LogP contribution is 2.15. The monoisotopic (exact) mass is 124 g/mol. The van der Waals surface area contributed by atoms with Crippen LogP contribution in [0.5, 0.6) is 11.5 Å². The molecule has 0 unspecified atom stereocenters. The number of hydrogen-bond acceptors (Lipinski definition) is 1. The molecule has 0 saturated heterocycles. The van der Waals surface area contributed by atoms with Crippen molar-refractivity contribution in [2.24, 2.45) is 0 Å². The zero-order chi connectivity index (χ0) is 6.69. The molecule has 0 aromatic heterocycles. The van der Waals surface area contributed by atoms with Gasteiger partial charge in [0.1, 0.15) is 5.75 Å². The van der Waals surface area contributed by atoms with Crippen LogP contribution in [0.25, 0.3) is 0 Å². The van der Waals surface area contributed by atoms with E-state index in [0.717, 1.165) is 5.75 Å². The maximum Gasteiger partial charge on any atom is 0.226 e. The average molecular weight is 124 g/mol. The molecular formula is C7H8O2. The van der Waals surface area contributed by atoms with Crippen LogP contribution < -0.4 is 0 Å². The standard InChI is InChI=1S/C7H8O2/c1-9-7-4-2-6(8)3-5-7/h2-5,8-9H,1H2. The van der Waals surface area contributed by atoms with Crippen LogP contribution in [0.2, 0.25) is 0 Å². The fraction of sp³-hybridized carbons (Fsp3) is 0. The molecule has 0 heterocycles. The normalized spacial score (nSPS) is 9.00. The zero-order valence-electron chi connectivity index (χ0n) is 4.91. The SMILES string of the molecule is [CH2-][OH+]c1ccc(O)cc1. The second-order valence-electron chi connectivity index (χ2n) is 1.67. The van der Waals surface area contributed by atoms with Gasteiger partial charge in [-0.15, -0.1) is 0 Å². The first-order chi connectivity index (χ1) is 4.33. The van der Waals surface area contributed by atoms with Crippen molar-refractivity contribution in [1.29, 1.82) is 0 Å². The summed E-state index contributed by atoms with van der Waals surface area (Å²) in [6, 6.07) is 6.54. The molecule has 0 fully saturated rings. The molecule has 0 radical (unpaired) electrons. The van der Waals surface area contributed by atoms with Gasteiger partial charge in [0, 0.05) is 12.1 Å². The number of rotatable bonds is 1. The maximum absolute atomic E-state index is 8.79. The van der Waals surface area contributed by atoms with E-state index in [0.29, 0.717) is 0 Å². The molecule has 0 atom stereocenters. The fourth-order valence-electron chi connectivity index (χ4n) is 0.558. The van der Waals surface area contributed by atoms with Gasteiger partial charge in [-0.3, -0.25) is 0 Å². The van der Waals surface area contributed by atoms with Gasteiger partial charge in [-0.1, -0.05) is 0 Å². The summed E-state index contributed by atoms with van der Waals surface area (Å²) in [5, 5.41) is 8.79. The van der Waals surface area contributed by atoms with Crippen molar-refractivity contribution in [2.75, 3.05) is 0 Å². The van der Waals surface area contributed by atoms with E-state index in [1.807, 2.05) is 0 Å². The molecule has 2 N–H and O–H groups in total. The summed E-state index contributed by atoms with van der Waals surface area (Å²) in [6.07, 6.45) is 0. The topological polar surface area (TPSA) is 33.0 Å². The van der Waals surface area contributed by atoms with Crippen molar-refractivity contribution < 1.29 is 9.84 Å². The Bertz CT molecular complexity index is 179. The minimum atomic E-state index is 0.252. The van der Waals surface area contributed by atoms with Crippen molar-refractivity contribution >= 4 is 0 Å². The molecule has 1 rings (SSSR count). The van der Waals surface area contributed by atoms with E-state index in [9.17, 15) is 0 Å². The molecule has 48 valence electrons. The summed E-state index contributed by atoms with van der Waals surface area (Å²) in [4.78, 5) is 0. The Morgan fingerprint density at radius 1 is 1.22 bits per heavy atom. The smallest absolute Gasteiger partial charge is 0.226 e. The lowest BCUT2D eigenvalue weighted by atomic mass is 10.3. The van der Waals surface area contributed by atoms with Gasteiger partial charge in [0.05, 0.1) is 0 Å². The molecule has 0 spiro atoms. The number of phenolic OH excluding ortho intramolecular Hbond substituents is 1. The predicted octanol–water partition coefficient (Wildman–Crippen LogP) is 1.43. The van der Waals surface area contributed by atoms with Crippen molar-refractivity contribution in [2.45, 2.75) is 0 Å². The summed E-state index contributed by atoms with van der Waals surface area (Å²) in [5.41, 5.74) is 0. The highest BCUT2D eigenvalue weighted by molar-refractivity contribution is 5.29. The van der Waals surface area contributed by atoms with E-state index in [-0.39, 0.29) is 5.75 Å². The van der Waals surface area contributed by atoms with Gasteiger partial charge in [-0.2, -0.15) is 0 Å². The van der Waals surface area contributed by atoms with Crippen LogP contribution in [0.3, 0.4) is 0 Å². The molecule has 0 saturated carbocycles. The summed E-state index contributed by atoms with van der Waals surface area (Å²) in [6.45, 7) is 0. The summed E-state index contributed by atoms with van der Waals surface area (Å²) in [7, 11) is 3.33. The Morgan fingerprint density at radius 2 is 1.78 bits per heavy atom. The minimum Gasteiger partial charge on any atom is -0.722 e. The maximum atomic E-state index is 8.79. The Balaban J connectivity index is 2.88. The molecule has 0 amide bonds. The average Bonchev–Trinajstić information content (AvgIpc) is 1.90. The van der Waals surface area contributed by atoms with Gasteiger partial charge in [-0.25, -0.2) is 0 Å². The van der Waals surface area contributed by atoms with Crippen LogP contribution in [-0.4, -0.2) is 9.84 Å². The number of aromatic hydroxyl groups is 2. The predicted molar refractivity (Wildman–Crippen MR) is 35.1 cm³/mol. The fourth-order valence-corrected chi connectivity index (χ4v) is 0.558. The third-order valence-corrected chi connectivity index (χ3v) is 1.03. The molecule has 0 aliphatic rings. The van der Waals surface area contributed by atoms with Crippen molar-refractivity contribution in [3.05, 3.63) is 31.4 Å². The number of benzene rings is 1. The first kappa shape index (κ1) is 5.95. The van der Waals surface area contributed by atoms with Crippen LogP contribution in [0.4, 0.5) is 0 Å². The van der Waals surface area contributed by atoms with Crippen molar-refractivity contribution in [1.82, 2.24) is 0 Å². The zero-order valence-corrected chi connectivity index (χ0v) is 4.91. The lowest BCUT2D eigenvalue weighted by Gasteiger charge is -2.00. The molecule has 1 aromatic carbocycles. The third kappa shape index (κ3) is 1.35. The highest BCUT2D eigenvalue weighted by Gasteiger charge is 1.89. The summed E-state index contributed by atoms with van der Waals surface area (Å²) in [5.74, 6) is 1.02. The first-order valence-electron chi connectivity index (χ1n) is 2.58.